The van der Waals surface area contributed by atoms with Gasteiger partial charge in [-0.1, -0.05) is 12.1 Å². The lowest BCUT2D eigenvalue weighted by molar-refractivity contribution is -0.0436. The molecule has 0 unspecified atom stereocenters. The van der Waals surface area contributed by atoms with E-state index in [1.54, 1.807) is 0 Å². The van der Waals surface area contributed by atoms with Gasteiger partial charge in [0, 0.05) is 0 Å². The monoisotopic (exact) mass is 413 g/mol. The molecule has 0 radical (unpaired) electrons. The van der Waals surface area contributed by atoms with Crippen LogP contribution in [0.2, 0.25) is 0 Å². The summed E-state index contributed by atoms with van der Waals surface area (Å²) in [7, 11) is -11.5. The van der Waals surface area contributed by atoms with Crippen LogP contribution in [0.5, 0.6) is 5.75 Å². The van der Waals surface area contributed by atoms with Gasteiger partial charge in [-0.3, -0.25) is 0 Å². The van der Waals surface area contributed by atoms with Crippen LogP contribution in [-0.2, 0) is 20.0 Å². The molecular formula is C10H7F6N2O5S2-. The molecule has 0 bridgehead atoms. The summed E-state index contributed by atoms with van der Waals surface area (Å²) in [6, 6.07) is 3.58. The van der Waals surface area contributed by atoms with Crippen molar-refractivity contribution < 1.29 is 47.9 Å². The summed E-state index contributed by atoms with van der Waals surface area (Å²) in [5, 5.41) is 0. The van der Waals surface area contributed by atoms with Gasteiger partial charge in [0.2, 0.25) is 0 Å². The number of alkyl halides is 6. The lowest BCUT2D eigenvalue weighted by atomic mass is 10.2. The highest BCUT2D eigenvalue weighted by atomic mass is 32.2. The Balaban J connectivity index is 3.52. The SMILES string of the molecule is COc1ccc(/C(=N/S(=O)(=O)C(F)(F)F)[N-]S(=O)(=O)C(F)(F)F)cc1. The predicted octanol–water partition coefficient (Wildman–Crippen LogP) is 2.51. The Morgan fingerprint density at radius 3 is 1.80 bits per heavy atom. The van der Waals surface area contributed by atoms with Gasteiger partial charge in [-0.05, 0) is 23.5 Å². The molecule has 25 heavy (non-hydrogen) atoms. The summed E-state index contributed by atoms with van der Waals surface area (Å²) in [6.07, 6.45) is 0. The Bertz CT molecular complexity index is 857. The lowest BCUT2D eigenvalue weighted by Crippen LogP contribution is -2.26. The van der Waals surface area contributed by atoms with E-state index < -0.39 is 42.5 Å². The molecule has 0 aliphatic carbocycles. The highest BCUT2D eigenvalue weighted by Gasteiger charge is 2.45. The van der Waals surface area contributed by atoms with E-state index in [1.807, 2.05) is 0 Å². The van der Waals surface area contributed by atoms with Crippen LogP contribution in [-0.4, -0.2) is 40.8 Å². The molecule has 0 aliphatic rings. The van der Waals surface area contributed by atoms with Crippen molar-refractivity contribution in [3.8, 4) is 5.75 Å². The molecule has 0 spiro atoms. The summed E-state index contributed by atoms with van der Waals surface area (Å²) in [4.78, 5) is 0. The number of benzene rings is 1. The van der Waals surface area contributed by atoms with E-state index in [0.29, 0.717) is 0 Å². The van der Waals surface area contributed by atoms with Gasteiger partial charge in [-0.2, -0.15) is 26.3 Å². The van der Waals surface area contributed by atoms with Crippen molar-refractivity contribution in [3.63, 3.8) is 0 Å². The molecule has 0 amide bonds. The normalized spacial score (nSPS) is 14.3. The molecule has 0 atom stereocenters. The first kappa shape index (κ1) is 21.0. The van der Waals surface area contributed by atoms with E-state index in [4.69, 9.17) is 4.74 Å². The number of methoxy groups -OCH3 is 1. The third kappa shape index (κ3) is 4.97. The standard InChI is InChI=1S/C10H7F6N2O5S2/c1-23-7-4-2-6(3-5-7)8(17-24(19,20)9(11,12)13)18-25(21,22)10(14,15)16/h2-5H,1H3/q-1. The number of hydrogen-bond acceptors (Lipinski definition) is 5. The average molecular weight is 413 g/mol. The Morgan fingerprint density at radius 1 is 0.960 bits per heavy atom. The van der Waals surface area contributed by atoms with E-state index in [2.05, 4.69) is 9.12 Å². The molecule has 1 rings (SSSR count). The summed E-state index contributed by atoms with van der Waals surface area (Å²) < 4.78 is 127. The minimum atomic E-state index is -6.35. The Kier molecular flexibility index (Phi) is 5.63. The van der Waals surface area contributed by atoms with Crippen LogP contribution in [0.4, 0.5) is 26.3 Å². The van der Waals surface area contributed by atoms with Gasteiger partial charge >= 0.3 is 11.0 Å². The highest BCUT2D eigenvalue weighted by Crippen LogP contribution is 2.31. The molecule has 0 saturated carbocycles. The molecular weight excluding hydrogens is 406 g/mol. The van der Waals surface area contributed by atoms with Crippen molar-refractivity contribution in [1.82, 2.24) is 0 Å². The number of rotatable bonds is 4. The first-order chi connectivity index (χ1) is 11.1. The maximum Gasteiger partial charge on any atom is 0.499 e. The maximum absolute atomic E-state index is 12.4. The van der Waals surface area contributed by atoms with Crippen LogP contribution in [0.1, 0.15) is 5.56 Å². The van der Waals surface area contributed by atoms with Gasteiger partial charge in [0.15, 0.2) is 0 Å². The number of ether oxygens (including phenoxy) is 1. The van der Waals surface area contributed by atoms with Gasteiger partial charge in [-0.25, -0.2) is 16.8 Å². The zero-order chi connectivity index (χ0) is 19.7. The van der Waals surface area contributed by atoms with Gasteiger partial charge in [0.1, 0.15) is 5.75 Å². The summed E-state index contributed by atoms with van der Waals surface area (Å²) in [6.45, 7) is 0. The number of sulfonamides is 2. The smallest absolute Gasteiger partial charge is 0.497 e. The third-order valence-electron chi connectivity index (χ3n) is 2.35. The van der Waals surface area contributed by atoms with Crippen LogP contribution >= 0.6 is 0 Å². The van der Waals surface area contributed by atoms with E-state index >= 15 is 0 Å². The highest BCUT2D eigenvalue weighted by molar-refractivity contribution is 7.96. The largest absolute Gasteiger partial charge is 0.499 e. The average Bonchev–Trinajstić information content (AvgIpc) is 2.43. The number of halogens is 6. The molecule has 142 valence electrons. The quantitative estimate of drug-likeness (QED) is 0.429. The fraction of sp³-hybridized carbons (Fsp3) is 0.300. The predicted molar refractivity (Wildman–Crippen MR) is 72.8 cm³/mol. The van der Waals surface area contributed by atoms with Crippen molar-refractivity contribution >= 4 is 25.9 Å². The fourth-order valence-corrected chi connectivity index (χ4v) is 2.20. The number of amidine groups is 1. The molecule has 0 N–H and O–H groups in total. The van der Waals surface area contributed by atoms with Gasteiger partial charge in [-0.15, -0.1) is 0 Å². The van der Waals surface area contributed by atoms with Gasteiger partial charge in [0.05, 0.1) is 7.11 Å². The zero-order valence-corrected chi connectivity index (χ0v) is 13.5. The minimum absolute atomic E-state index is 0.0976. The summed E-state index contributed by atoms with van der Waals surface area (Å²) in [5.41, 5.74) is -12.7. The van der Waals surface area contributed by atoms with Crippen LogP contribution in [0.25, 0.3) is 4.72 Å². The topological polar surface area (TPSA) is 104 Å². The molecule has 1 aromatic carbocycles. The Morgan fingerprint density at radius 2 is 1.44 bits per heavy atom. The first-order valence-corrected chi connectivity index (χ1v) is 8.59. The molecule has 7 nitrogen and oxygen atoms in total. The summed E-state index contributed by atoms with van der Waals surface area (Å²) >= 11 is 0. The van der Waals surface area contributed by atoms with Crippen LogP contribution in [0.3, 0.4) is 0 Å². The van der Waals surface area contributed by atoms with Crippen molar-refractivity contribution in [3.05, 3.63) is 34.6 Å². The van der Waals surface area contributed by atoms with Crippen molar-refractivity contribution in [1.29, 1.82) is 0 Å². The molecule has 0 aromatic heterocycles. The molecule has 0 saturated heterocycles. The third-order valence-corrected chi connectivity index (χ3v) is 4.34. The fourth-order valence-electron chi connectivity index (χ4n) is 1.19. The van der Waals surface area contributed by atoms with Crippen molar-refractivity contribution in [2.45, 2.75) is 11.0 Å². The molecule has 0 fully saturated rings. The van der Waals surface area contributed by atoms with Crippen LogP contribution in [0.15, 0.2) is 28.7 Å². The maximum atomic E-state index is 12.4. The number of nitrogens with zero attached hydrogens (tertiary/aromatic N) is 2. The second kappa shape index (κ2) is 6.70. The van der Waals surface area contributed by atoms with Crippen molar-refractivity contribution in [2.75, 3.05) is 7.11 Å². The van der Waals surface area contributed by atoms with E-state index in [9.17, 15) is 43.2 Å². The van der Waals surface area contributed by atoms with Gasteiger partial charge in [0.25, 0.3) is 20.0 Å². The molecule has 0 heterocycles. The molecule has 15 heteroatoms. The van der Waals surface area contributed by atoms with E-state index in [-0.39, 0.29) is 5.75 Å². The van der Waals surface area contributed by atoms with E-state index in [1.165, 1.54) is 7.11 Å². The van der Waals surface area contributed by atoms with Crippen molar-refractivity contribution in [2.24, 2.45) is 4.40 Å². The first-order valence-electron chi connectivity index (χ1n) is 5.70. The van der Waals surface area contributed by atoms with Gasteiger partial charge < -0.3 is 13.9 Å². The Labute approximate surface area is 137 Å². The lowest BCUT2D eigenvalue weighted by Gasteiger charge is -2.21. The van der Waals surface area contributed by atoms with E-state index in [0.717, 1.165) is 24.3 Å². The minimum Gasteiger partial charge on any atom is -0.497 e. The second-order valence-corrected chi connectivity index (χ2v) is 7.27. The van der Waals surface area contributed by atoms with Crippen LogP contribution < -0.4 is 4.74 Å². The molecule has 0 aliphatic heterocycles. The summed E-state index contributed by atoms with van der Waals surface area (Å²) in [5.74, 6) is -1.71. The zero-order valence-electron chi connectivity index (χ0n) is 11.8. The number of hydrogen-bond donors (Lipinski definition) is 0. The van der Waals surface area contributed by atoms with Crippen LogP contribution in [0, 0.1) is 0 Å². The Hall–Kier alpha value is -2.03. The molecule has 1 aromatic rings. The second-order valence-electron chi connectivity index (χ2n) is 4.08.